The van der Waals surface area contributed by atoms with Gasteiger partial charge >= 0.3 is 0 Å². The van der Waals surface area contributed by atoms with E-state index in [9.17, 15) is 0 Å². The second kappa shape index (κ2) is 7.25. The number of ether oxygens (including phenoxy) is 1. The molecule has 4 nitrogen and oxygen atoms in total. The van der Waals surface area contributed by atoms with Crippen LogP contribution >= 0.6 is 35.0 Å². The molecule has 2 aromatic rings. The van der Waals surface area contributed by atoms with Gasteiger partial charge in [-0.25, -0.2) is 4.99 Å². The van der Waals surface area contributed by atoms with Gasteiger partial charge in [0.05, 0.1) is 23.5 Å². The largest absolute Gasteiger partial charge is 0.496 e. The standard InChI is InChI=1S/C16H13Cl2N3OS/c1-22-15-5-3-2-4-11(15)14-9-23-16(21-20-14)19-13-7-6-10(17)8-12(13)18/h2-8H,9H2,1H3,(H,19,21). The summed E-state index contributed by atoms with van der Waals surface area (Å²) in [6.07, 6.45) is 0. The summed E-state index contributed by atoms with van der Waals surface area (Å²) in [5, 5.41) is 6.18. The van der Waals surface area contributed by atoms with Gasteiger partial charge < -0.3 is 4.74 Å². The van der Waals surface area contributed by atoms with Crippen molar-refractivity contribution >= 4 is 51.5 Å². The number of halogens is 2. The van der Waals surface area contributed by atoms with E-state index in [1.165, 1.54) is 0 Å². The van der Waals surface area contributed by atoms with Gasteiger partial charge in [0.1, 0.15) is 5.75 Å². The Bertz CT molecular complexity index is 793. The number of rotatable bonds is 3. The van der Waals surface area contributed by atoms with Crippen molar-refractivity contribution in [3.8, 4) is 5.75 Å². The Morgan fingerprint density at radius 2 is 2.04 bits per heavy atom. The van der Waals surface area contributed by atoms with Crippen molar-refractivity contribution in [2.75, 3.05) is 12.9 Å². The lowest BCUT2D eigenvalue weighted by molar-refractivity contribution is 0.414. The van der Waals surface area contributed by atoms with E-state index in [4.69, 9.17) is 27.9 Å². The van der Waals surface area contributed by atoms with Gasteiger partial charge in [-0.1, -0.05) is 47.1 Å². The number of nitrogens with zero attached hydrogens (tertiary/aromatic N) is 2. The number of thioether (sulfide) groups is 1. The van der Waals surface area contributed by atoms with Crippen LogP contribution in [0.2, 0.25) is 10.0 Å². The minimum atomic E-state index is 0.506. The number of hydrogen-bond donors (Lipinski definition) is 1. The first kappa shape index (κ1) is 16.2. The number of nitrogens with one attached hydrogen (secondary N) is 1. The zero-order valence-electron chi connectivity index (χ0n) is 12.2. The highest BCUT2D eigenvalue weighted by molar-refractivity contribution is 8.14. The van der Waals surface area contributed by atoms with Crippen LogP contribution in [-0.4, -0.2) is 23.7 Å². The van der Waals surface area contributed by atoms with Gasteiger partial charge in [0.2, 0.25) is 0 Å². The summed E-state index contributed by atoms with van der Waals surface area (Å²) in [6, 6.07) is 13.0. The topological polar surface area (TPSA) is 46.0 Å². The van der Waals surface area contributed by atoms with Crippen LogP contribution in [0.3, 0.4) is 0 Å². The van der Waals surface area contributed by atoms with Crippen LogP contribution in [0, 0.1) is 0 Å². The van der Waals surface area contributed by atoms with Crippen LogP contribution < -0.4 is 10.2 Å². The molecule has 23 heavy (non-hydrogen) atoms. The minimum Gasteiger partial charge on any atom is -0.496 e. The molecular weight excluding hydrogens is 353 g/mol. The highest BCUT2D eigenvalue weighted by Gasteiger charge is 2.16. The van der Waals surface area contributed by atoms with E-state index in [1.807, 2.05) is 24.3 Å². The number of para-hydroxylation sites is 1. The molecule has 0 aliphatic carbocycles. The van der Waals surface area contributed by atoms with Crippen LogP contribution in [0.4, 0.5) is 5.69 Å². The van der Waals surface area contributed by atoms with Crippen molar-refractivity contribution in [1.29, 1.82) is 0 Å². The summed E-state index contributed by atoms with van der Waals surface area (Å²) < 4.78 is 5.37. The number of aliphatic imine (C=N–C) groups is 1. The predicted molar refractivity (Wildman–Crippen MR) is 98.7 cm³/mol. The lowest BCUT2D eigenvalue weighted by atomic mass is 10.1. The molecule has 0 saturated carbocycles. The Hall–Kier alpha value is -1.69. The molecule has 3 rings (SSSR count). The van der Waals surface area contributed by atoms with Crippen LogP contribution in [0.15, 0.2) is 52.6 Å². The van der Waals surface area contributed by atoms with Crippen molar-refractivity contribution in [3.05, 3.63) is 58.1 Å². The van der Waals surface area contributed by atoms with E-state index >= 15 is 0 Å². The van der Waals surface area contributed by atoms with Gasteiger partial charge in [0, 0.05) is 16.3 Å². The van der Waals surface area contributed by atoms with Crippen molar-refractivity contribution < 1.29 is 4.74 Å². The SMILES string of the molecule is COc1ccccc1C1=NNC(=Nc2ccc(Cl)cc2Cl)SC1. The molecule has 0 amide bonds. The van der Waals surface area contributed by atoms with Crippen molar-refractivity contribution in [2.45, 2.75) is 0 Å². The van der Waals surface area contributed by atoms with Crippen LogP contribution in [0.25, 0.3) is 0 Å². The number of methoxy groups -OCH3 is 1. The smallest absolute Gasteiger partial charge is 0.182 e. The molecule has 1 heterocycles. The maximum absolute atomic E-state index is 6.13. The molecule has 2 aromatic carbocycles. The second-order valence-corrected chi connectivity index (χ2v) is 6.48. The van der Waals surface area contributed by atoms with Gasteiger partial charge in [-0.15, -0.1) is 0 Å². The molecule has 0 atom stereocenters. The molecule has 0 fully saturated rings. The second-order valence-electron chi connectivity index (χ2n) is 4.67. The summed E-state index contributed by atoms with van der Waals surface area (Å²) >= 11 is 13.6. The summed E-state index contributed by atoms with van der Waals surface area (Å²) in [5.74, 6) is 1.49. The highest BCUT2D eigenvalue weighted by Crippen LogP contribution is 2.29. The summed E-state index contributed by atoms with van der Waals surface area (Å²) in [4.78, 5) is 4.47. The van der Waals surface area contributed by atoms with Gasteiger partial charge in [0.15, 0.2) is 5.17 Å². The van der Waals surface area contributed by atoms with E-state index in [1.54, 1.807) is 37.1 Å². The van der Waals surface area contributed by atoms with E-state index in [-0.39, 0.29) is 0 Å². The molecule has 1 N–H and O–H groups in total. The van der Waals surface area contributed by atoms with E-state index in [0.29, 0.717) is 26.7 Å². The van der Waals surface area contributed by atoms with E-state index in [0.717, 1.165) is 17.0 Å². The number of amidine groups is 1. The van der Waals surface area contributed by atoms with E-state index in [2.05, 4.69) is 15.5 Å². The third-order valence-electron chi connectivity index (χ3n) is 3.18. The fraction of sp³-hybridized carbons (Fsp3) is 0.125. The monoisotopic (exact) mass is 365 g/mol. The van der Waals surface area contributed by atoms with Crippen LogP contribution in [0.5, 0.6) is 5.75 Å². The molecule has 1 aliphatic heterocycles. The average molecular weight is 366 g/mol. The maximum atomic E-state index is 6.13. The average Bonchev–Trinajstić information content (AvgIpc) is 2.58. The first-order chi connectivity index (χ1) is 11.2. The Morgan fingerprint density at radius 1 is 1.22 bits per heavy atom. The number of benzene rings is 2. The zero-order chi connectivity index (χ0) is 16.2. The molecule has 0 saturated heterocycles. The fourth-order valence-electron chi connectivity index (χ4n) is 2.08. The molecule has 0 unspecified atom stereocenters. The summed E-state index contributed by atoms with van der Waals surface area (Å²) in [6.45, 7) is 0. The predicted octanol–water partition coefficient (Wildman–Crippen LogP) is 4.73. The first-order valence-electron chi connectivity index (χ1n) is 6.80. The first-order valence-corrected chi connectivity index (χ1v) is 8.54. The van der Waals surface area contributed by atoms with Gasteiger partial charge in [0.25, 0.3) is 0 Å². The summed E-state index contributed by atoms with van der Waals surface area (Å²) in [5.41, 5.74) is 5.50. The molecule has 0 radical (unpaired) electrons. The van der Waals surface area contributed by atoms with Crippen molar-refractivity contribution in [1.82, 2.24) is 5.43 Å². The lowest BCUT2D eigenvalue weighted by Gasteiger charge is -2.16. The quantitative estimate of drug-likeness (QED) is 0.854. The third-order valence-corrected chi connectivity index (χ3v) is 4.59. The number of hydrazone groups is 1. The Morgan fingerprint density at radius 3 is 2.74 bits per heavy atom. The minimum absolute atomic E-state index is 0.506. The molecule has 0 spiro atoms. The lowest BCUT2D eigenvalue weighted by Crippen LogP contribution is -2.25. The van der Waals surface area contributed by atoms with Crippen molar-refractivity contribution in [2.24, 2.45) is 10.1 Å². The van der Waals surface area contributed by atoms with Crippen LogP contribution in [0.1, 0.15) is 5.56 Å². The zero-order valence-corrected chi connectivity index (χ0v) is 14.5. The van der Waals surface area contributed by atoms with Gasteiger partial charge in [-0.2, -0.15) is 5.10 Å². The van der Waals surface area contributed by atoms with Crippen LogP contribution in [-0.2, 0) is 0 Å². The maximum Gasteiger partial charge on any atom is 0.182 e. The summed E-state index contributed by atoms with van der Waals surface area (Å²) in [7, 11) is 1.65. The molecule has 0 bridgehead atoms. The molecule has 7 heteroatoms. The molecular formula is C16H13Cl2N3OS. The molecule has 1 aliphatic rings. The van der Waals surface area contributed by atoms with Gasteiger partial charge in [-0.3, -0.25) is 5.43 Å². The Balaban J connectivity index is 1.81. The fourth-order valence-corrected chi connectivity index (χ4v) is 3.29. The normalized spacial score (nSPS) is 16.0. The molecule has 118 valence electrons. The Labute approximate surface area is 148 Å². The van der Waals surface area contributed by atoms with E-state index < -0.39 is 0 Å². The third kappa shape index (κ3) is 3.80. The number of hydrogen-bond acceptors (Lipinski definition) is 4. The van der Waals surface area contributed by atoms with Crippen molar-refractivity contribution in [3.63, 3.8) is 0 Å². The molecule has 0 aromatic heterocycles. The Kier molecular flexibility index (Phi) is 5.10. The highest BCUT2D eigenvalue weighted by atomic mass is 35.5. The van der Waals surface area contributed by atoms with Gasteiger partial charge in [-0.05, 0) is 30.3 Å².